The van der Waals surface area contributed by atoms with Crippen LogP contribution in [0.25, 0.3) is 0 Å². The Morgan fingerprint density at radius 1 is 1.26 bits per heavy atom. The van der Waals surface area contributed by atoms with Crippen LogP contribution in [0.5, 0.6) is 0 Å². The number of benzene rings is 1. The summed E-state index contributed by atoms with van der Waals surface area (Å²) in [7, 11) is 2.03. The van der Waals surface area contributed by atoms with Gasteiger partial charge in [0.2, 0.25) is 0 Å². The van der Waals surface area contributed by atoms with Gasteiger partial charge in [0.1, 0.15) is 5.82 Å². The van der Waals surface area contributed by atoms with Crippen LogP contribution in [0.15, 0.2) is 42.6 Å². The molecule has 1 heterocycles. The molecule has 2 rings (SSSR count). The van der Waals surface area contributed by atoms with E-state index in [-0.39, 0.29) is 6.04 Å². The second-order valence-electron chi connectivity index (χ2n) is 4.82. The van der Waals surface area contributed by atoms with E-state index in [4.69, 9.17) is 5.73 Å². The third-order valence-corrected chi connectivity index (χ3v) is 3.40. The first-order valence-corrected chi connectivity index (χ1v) is 6.64. The number of aromatic nitrogens is 1. The van der Waals surface area contributed by atoms with E-state index in [9.17, 15) is 0 Å². The van der Waals surface area contributed by atoms with Gasteiger partial charge in [0.25, 0.3) is 0 Å². The Morgan fingerprint density at radius 3 is 2.53 bits per heavy atom. The van der Waals surface area contributed by atoms with E-state index in [1.54, 1.807) is 0 Å². The molecule has 0 fully saturated rings. The van der Waals surface area contributed by atoms with E-state index in [1.165, 1.54) is 0 Å². The van der Waals surface area contributed by atoms with Gasteiger partial charge in [-0.1, -0.05) is 25.1 Å². The van der Waals surface area contributed by atoms with Crippen LogP contribution in [0.1, 0.15) is 30.5 Å². The Kier molecular flexibility index (Phi) is 4.17. The van der Waals surface area contributed by atoms with Crippen molar-refractivity contribution in [1.29, 1.82) is 0 Å². The lowest BCUT2D eigenvalue weighted by Crippen LogP contribution is -2.15. The number of para-hydroxylation sites is 1. The van der Waals surface area contributed by atoms with Crippen molar-refractivity contribution < 1.29 is 0 Å². The molecule has 3 heteroatoms. The molecule has 19 heavy (non-hydrogen) atoms. The van der Waals surface area contributed by atoms with E-state index in [1.807, 2.05) is 31.4 Å². The predicted octanol–water partition coefficient (Wildman–Crippen LogP) is 3.57. The van der Waals surface area contributed by atoms with E-state index in [2.05, 4.69) is 41.9 Å². The van der Waals surface area contributed by atoms with Gasteiger partial charge in [-0.15, -0.1) is 0 Å². The number of hydrogen-bond donors (Lipinski definition) is 1. The molecule has 0 bridgehead atoms. The first-order valence-electron chi connectivity index (χ1n) is 6.64. The largest absolute Gasteiger partial charge is 0.329 e. The first kappa shape index (κ1) is 13.6. The van der Waals surface area contributed by atoms with Gasteiger partial charge in [-0.25, -0.2) is 4.98 Å². The Hall–Kier alpha value is -1.87. The quantitative estimate of drug-likeness (QED) is 0.908. The van der Waals surface area contributed by atoms with Crippen LogP contribution in [0.4, 0.5) is 11.5 Å². The second kappa shape index (κ2) is 5.85. The molecule has 3 nitrogen and oxygen atoms in total. The molecule has 0 aliphatic carbocycles. The van der Waals surface area contributed by atoms with Crippen LogP contribution >= 0.6 is 0 Å². The van der Waals surface area contributed by atoms with Gasteiger partial charge in [-0.05, 0) is 42.7 Å². The Bertz CT molecular complexity index is 537. The molecule has 2 aromatic rings. The number of anilines is 2. The lowest BCUT2D eigenvalue weighted by atomic mass is 10.1. The van der Waals surface area contributed by atoms with Crippen molar-refractivity contribution >= 4 is 11.5 Å². The number of hydrogen-bond acceptors (Lipinski definition) is 3. The number of aryl methyl sites for hydroxylation is 1. The molecule has 0 saturated carbocycles. The van der Waals surface area contributed by atoms with Crippen LogP contribution in [0.2, 0.25) is 0 Å². The summed E-state index contributed by atoms with van der Waals surface area (Å²) in [6.07, 6.45) is 2.81. The smallest absolute Gasteiger partial charge is 0.135 e. The molecule has 0 saturated heterocycles. The fraction of sp³-hybridized carbons (Fsp3) is 0.312. The summed E-state index contributed by atoms with van der Waals surface area (Å²) < 4.78 is 0. The Labute approximate surface area is 115 Å². The minimum atomic E-state index is 0.0716. The zero-order valence-corrected chi connectivity index (χ0v) is 11.8. The average Bonchev–Trinajstić information content (AvgIpc) is 2.46. The zero-order chi connectivity index (χ0) is 13.8. The molecular formula is C16H21N3. The minimum Gasteiger partial charge on any atom is -0.329 e. The van der Waals surface area contributed by atoms with Gasteiger partial charge in [-0.3, -0.25) is 0 Å². The topological polar surface area (TPSA) is 42.1 Å². The monoisotopic (exact) mass is 255 g/mol. The highest BCUT2D eigenvalue weighted by Gasteiger charge is 2.11. The number of rotatable bonds is 4. The number of nitrogens with zero attached hydrogens (tertiary/aromatic N) is 2. The SMILES string of the molecule is CC[C@@H](N)c1cnc(N(C)c2ccccc2)c(C)c1. The fourth-order valence-corrected chi connectivity index (χ4v) is 2.15. The van der Waals surface area contributed by atoms with Crippen LogP contribution in [-0.2, 0) is 0 Å². The maximum absolute atomic E-state index is 6.05. The molecule has 2 N–H and O–H groups in total. The molecule has 0 aliphatic rings. The second-order valence-corrected chi connectivity index (χ2v) is 4.82. The molecule has 0 amide bonds. The first-order chi connectivity index (χ1) is 9.13. The molecular weight excluding hydrogens is 234 g/mol. The summed E-state index contributed by atoms with van der Waals surface area (Å²) in [5.41, 5.74) is 9.43. The fourth-order valence-electron chi connectivity index (χ4n) is 2.15. The molecule has 100 valence electrons. The van der Waals surface area contributed by atoms with Crippen LogP contribution < -0.4 is 10.6 Å². The standard InChI is InChI=1S/C16H21N3/c1-4-15(17)13-10-12(2)16(18-11-13)19(3)14-8-6-5-7-9-14/h5-11,15H,4,17H2,1-3H3/t15-/m1/s1. The number of nitrogens with two attached hydrogens (primary N) is 1. The van der Waals surface area contributed by atoms with Gasteiger partial charge < -0.3 is 10.6 Å². The average molecular weight is 255 g/mol. The van der Waals surface area contributed by atoms with Crippen molar-refractivity contribution in [2.75, 3.05) is 11.9 Å². The summed E-state index contributed by atoms with van der Waals surface area (Å²) in [5.74, 6) is 0.971. The zero-order valence-electron chi connectivity index (χ0n) is 11.8. The Morgan fingerprint density at radius 2 is 1.95 bits per heavy atom. The third-order valence-electron chi connectivity index (χ3n) is 3.40. The van der Waals surface area contributed by atoms with E-state index in [0.717, 1.165) is 29.1 Å². The van der Waals surface area contributed by atoms with Gasteiger partial charge in [0.15, 0.2) is 0 Å². The van der Waals surface area contributed by atoms with Gasteiger partial charge in [0, 0.05) is 25.0 Å². The molecule has 1 atom stereocenters. The Balaban J connectivity index is 2.31. The van der Waals surface area contributed by atoms with Crippen LogP contribution in [0.3, 0.4) is 0 Å². The summed E-state index contributed by atoms with van der Waals surface area (Å²) >= 11 is 0. The summed E-state index contributed by atoms with van der Waals surface area (Å²) in [6.45, 7) is 4.16. The van der Waals surface area contributed by atoms with E-state index in [0.29, 0.717) is 0 Å². The molecule has 1 aromatic heterocycles. The van der Waals surface area contributed by atoms with Gasteiger partial charge in [0.05, 0.1) is 0 Å². The molecule has 0 unspecified atom stereocenters. The molecule has 0 aliphatic heterocycles. The van der Waals surface area contributed by atoms with Gasteiger partial charge in [-0.2, -0.15) is 0 Å². The normalized spacial score (nSPS) is 12.2. The van der Waals surface area contributed by atoms with Crippen LogP contribution in [-0.4, -0.2) is 12.0 Å². The maximum Gasteiger partial charge on any atom is 0.135 e. The molecule has 0 spiro atoms. The highest BCUT2D eigenvalue weighted by molar-refractivity contribution is 5.61. The highest BCUT2D eigenvalue weighted by atomic mass is 15.2. The van der Waals surface area contributed by atoms with Gasteiger partial charge >= 0.3 is 0 Å². The summed E-state index contributed by atoms with van der Waals surface area (Å²) in [6, 6.07) is 12.4. The molecule has 0 radical (unpaired) electrons. The van der Waals surface area contributed by atoms with Crippen molar-refractivity contribution in [2.45, 2.75) is 26.3 Å². The predicted molar refractivity (Wildman–Crippen MR) is 80.7 cm³/mol. The molecule has 1 aromatic carbocycles. The van der Waals surface area contributed by atoms with Crippen molar-refractivity contribution in [2.24, 2.45) is 5.73 Å². The van der Waals surface area contributed by atoms with Crippen molar-refractivity contribution in [3.63, 3.8) is 0 Å². The third kappa shape index (κ3) is 2.93. The van der Waals surface area contributed by atoms with E-state index >= 15 is 0 Å². The lowest BCUT2D eigenvalue weighted by molar-refractivity contribution is 0.694. The highest BCUT2D eigenvalue weighted by Crippen LogP contribution is 2.26. The van der Waals surface area contributed by atoms with Crippen molar-refractivity contribution in [1.82, 2.24) is 4.98 Å². The summed E-state index contributed by atoms with van der Waals surface area (Å²) in [5, 5.41) is 0. The summed E-state index contributed by atoms with van der Waals surface area (Å²) in [4.78, 5) is 6.66. The lowest BCUT2D eigenvalue weighted by Gasteiger charge is -2.21. The minimum absolute atomic E-state index is 0.0716. The van der Waals surface area contributed by atoms with Crippen molar-refractivity contribution in [3.05, 3.63) is 53.7 Å². The van der Waals surface area contributed by atoms with Crippen LogP contribution in [0, 0.1) is 6.92 Å². The van der Waals surface area contributed by atoms with E-state index < -0.39 is 0 Å². The van der Waals surface area contributed by atoms with Crippen molar-refractivity contribution in [3.8, 4) is 0 Å². The number of pyridine rings is 1. The maximum atomic E-state index is 6.05.